The Morgan fingerprint density at radius 1 is 1.09 bits per heavy atom. The Bertz CT molecular complexity index is 1610. The molecule has 7 nitrogen and oxygen atoms in total. The van der Waals surface area contributed by atoms with E-state index in [9.17, 15) is 9.59 Å². The first kappa shape index (κ1) is 22.6. The molecule has 0 spiro atoms. The number of methoxy groups -OCH3 is 1. The number of carbonyl (C=O) groups excluding carboxylic acids is 1. The van der Waals surface area contributed by atoms with Gasteiger partial charge < -0.3 is 14.5 Å². The molecule has 8 heteroatoms. The number of aryl methyl sites for hydroxylation is 1. The molecule has 1 N–H and O–H groups in total. The summed E-state index contributed by atoms with van der Waals surface area (Å²) in [7, 11) is 1.61. The number of hydrogen-bond donors (Lipinski definition) is 1. The van der Waals surface area contributed by atoms with Crippen molar-refractivity contribution >= 4 is 29.0 Å². The summed E-state index contributed by atoms with van der Waals surface area (Å²) in [6.45, 7) is 3.61. The Labute approximate surface area is 205 Å². The molecular weight excluding hydrogens is 462 g/mol. The van der Waals surface area contributed by atoms with Gasteiger partial charge in [0.25, 0.3) is 11.5 Å². The Kier molecular flexibility index (Phi) is 5.96. The first-order valence-corrected chi connectivity index (χ1v) is 11.9. The average molecular weight is 486 g/mol. The van der Waals surface area contributed by atoms with Crippen LogP contribution in [0.5, 0.6) is 5.75 Å². The first-order valence-electron chi connectivity index (χ1n) is 11.0. The fourth-order valence-corrected chi connectivity index (χ4v) is 5.10. The van der Waals surface area contributed by atoms with Crippen molar-refractivity contribution < 1.29 is 13.9 Å². The second-order valence-electron chi connectivity index (χ2n) is 8.12. The maximum Gasteiger partial charge on any atom is 0.271 e. The predicted octanol–water partition coefficient (Wildman–Crippen LogP) is 3.78. The van der Waals surface area contributed by atoms with Crippen molar-refractivity contribution in [2.45, 2.75) is 19.9 Å². The lowest BCUT2D eigenvalue weighted by atomic mass is 10.00. The van der Waals surface area contributed by atoms with Gasteiger partial charge in [-0.2, -0.15) is 0 Å². The topological polar surface area (TPSA) is 85.8 Å². The summed E-state index contributed by atoms with van der Waals surface area (Å²) >= 11 is 1.28. The van der Waals surface area contributed by atoms with Crippen LogP contribution in [0.15, 0.2) is 92.2 Å². The number of fused-ring (bicyclic) bond motifs is 1. The molecule has 0 radical (unpaired) electrons. The van der Waals surface area contributed by atoms with Crippen LogP contribution in [-0.4, -0.2) is 17.6 Å². The lowest BCUT2D eigenvalue weighted by molar-refractivity contribution is -0.113. The maximum absolute atomic E-state index is 13.6. The molecule has 2 aromatic heterocycles. The van der Waals surface area contributed by atoms with Crippen LogP contribution in [0.1, 0.15) is 30.0 Å². The van der Waals surface area contributed by atoms with E-state index in [0.717, 1.165) is 11.3 Å². The monoisotopic (exact) mass is 485 g/mol. The van der Waals surface area contributed by atoms with Crippen LogP contribution in [0.4, 0.5) is 5.69 Å². The van der Waals surface area contributed by atoms with Gasteiger partial charge in [-0.25, -0.2) is 4.99 Å². The summed E-state index contributed by atoms with van der Waals surface area (Å²) in [4.78, 5) is 32.2. The summed E-state index contributed by atoms with van der Waals surface area (Å²) < 4.78 is 13.2. The SMILES string of the molecule is COc1ccc(C=c2sc3n(c2=O)[C@@H](c2ccc(C)o2)C(C(=O)Nc2ccccc2)=C(C)N=3)cc1. The molecule has 1 amide bonds. The molecule has 0 unspecified atom stereocenters. The van der Waals surface area contributed by atoms with E-state index in [1.807, 2.05) is 73.7 Å². The molecule has 3 heterocycles. The Morgan fingerprint density at radius 2 is 1.83 bits per heavy atom. The third-order valence-corrected chi connectivity index (χ3v) is 6.73. The highest BCUT2D eigenvalue weighted by Crippen LogP contribution is 2.31. The number of aromatic nitrogens is 1. The van der Waals surface area contributed by atoms with Gasteiger partial charge in [-0.05, 0) is 61.9 Å². The maximum atomic E-state index is 13.6. The van der Waals surface area contributed by atoms with Crippen LogP contribution in [0.3, 0.4) is 0 Å². The van der Waals surface area contributed by atoms with E-state index in [2.05, 4.69) is 10.3 Å². The number of nitrogens with one attached hydrogen (secondary N) is 1. The summed E-state index contributed by atoms with van der Waals surface area (Å²) in [5.41, 5.74) is 2.19. The largest absolute Gasteiger partial charge is 0.497 e. The minimum Gasteiger partial charge on any atom is -0.497 e. The minimum absolute atomic E-state index is 0.235. The molecular formula is C27H23N3O4S. The van der Waals surface area contributed by atoms with E-state index in [1.54, 1.807) is 24.7 Å². The van der Waals surface area contributed by atoms with Gasteiger partial charge in [0.2, 0.25) is 0 Å². The van der Waals surface area contributed by atoms with E-state index in [-0.39, 0.29) is 11.5 Å². The smallest absolute Gasteiger partial charge is 0.271 e. The highest BCUT2D eigenvalue weighted by atomic mass is 32.1. The van der Waals surface area contributed by atoms with E-state index in [0.29, 0.717) is 37.8 Å². The number of allylic oxidation sites excluding steroid dienone is 1. The normalized spacial score (nSPS) is 15.5. The zero-order valence-corrected chi connectivity index (χ0v) is 20.3. The second-order valence-corrected chi connectivity index (χ2v) is 9.13. The van der Waals surface area contributed by atoms with E-state index in [4.69, 9.17) is 9.15 Å². The van der Waals surface area contributed by atoms with Crippen LogP contribution < -0.4 is 24.9 Å². The van der Waals surface area contributed by atoms with E-state index >= 15 is 0 Å². The number of rotatable bonds is 5. The Hall–Kier alpha value is -4.17. The standard InChI is InChI=1S/C27H23N3O4S/c1-16-9-14-21(34-16)24-23(25(31)29-19-7-5-4-6-8-19)17(2)28-27-30(24)26(32)22(35-27)15-18-10-12-20(33-3)13-11-18/h4-15,24H,1-3H3,(H,29,31)/t24-/m0/s1. The molecule has 1 atom stereocenters. The summed E-state index contributed by atoms with van der Waals surface area (Å²) in [5, 5.41) is 2.93. The fraction of sp³-hybridized carbons (Fsp3) is 0.148. The zero-order chi connectivity index (χ0) is 24.5. The number of hydrogen-bond acceptors (Lipinski definition) is 6. The Balaban J connectivity index is 1.64. The minimum atomic E-state index is -0.735. The van der Waals surface area contributed by atoms with Crippen LogP contribution in [0.2, 0.25) is 0 Å². The van der Waals surface area contributed by atoms with Gasteiger partial charge in [0.15, 0.2) is 4.80 Å². The molecule has 176 valence electrons. The van der Waals surface area contributed by atoms with Crippen LogP contribution in [-0.2, 0) is 4.79 Å². The number of carbonyl (C=O) groups is 1. The highest BCUT2D eigenvalue weighted by Gasteiger charge is 2.34. The summed E-state index contributed by atoms with van der Waals surface area (Å²) in [6.07, 6.45) is 1.82. The molecule has 0 bridgehead atoms. The third-order valence-electron chi connectivity index (χ3n) is 5.74. The fourth-order valence-electron chi connectivity index (χ4n) is 4.05. The predicted molar refractivity (Wildman–Crippen MR) is 135 cm³/mol. The molecule has 0 aliphatic carbocycles. The van der Waals surface area contributed by atoms with Crippen molar-refractivity contribution in [3.8, 4) is 5.75 Å². The van der Waals surface area contributed by atoms with Crippen molar-refractivity contribution in [3.63, 3.8) is 0 Å². The number of amides is 1. The third kappa shape index (κ3) is 4.36. The van der Waals surface area contributed by atoms with Crippen molar-refractivity contribution in [1.29, 1.82) is 0 Å². The van der Waals surface area contributed by atoms with Crippen LogP contribution in [0.25, 0.3) is 6.08 Å². The van der Waals surface area contributed by atoms with Gasteiger partial charge in [0.05, 0.1) is 22.9 Å². The molecule has 35 heavy (non-hydrogen) atoms. The van der Waals surface area contributed by atoms with Gasteiger partial charge in [-0.3, -0.25) is 14.2 Å². The molecule has 5 rings (SSSR count). The van der Waals surface area contributed by atoms with Gasteiger partial charge in [0, 0.05) is 5.69 Å². The number of benzene rings is 2. The number of nitrogens with zero attached hydrogens (tertiary/aromatic N) is 2. The molecule has 0 fully saturated rings. The quantitative estimate of drug-likeness (QED) is 0.466. The van der Waals surface area contributed by atoms with Crippen molar-refractivity contribution in [2.24, 2.45) is 4.99 Å². The van der Waals surface area contributed by atoms with E-state index < -0.39 is 6.04 Å². The molecule has 1 aliphatic heterocycles. The average Bonchev–Trinajstić information content (AvgIpc) is 3.42. The molecule has 1 aliphatic rings. The van der Waals surface area contributed by atoms with Crippen molar-refractivity contribution in [1.82, 2.24) is 4.57 Å². The lowest BCUT2D eigenvalue weighted by Crippen LogP contribution is -2.40. The second kappa shape index (κ2) is 9.23. The van der Waals surface area contributed by atoms with Crippen LogP contribution >= 0.6 is 11.3 Å². The molecule has 0 saturated carbocycles. The summed E-state index contributed by atoms with van der Waals surface area (Å²) in [6, 6.07) is 19.5. The first-order chi connectivity index (χ1) is 16.9. The Morgan fingerprint density at radius 3 is 2.49 bits per heavy atom. The van der Waals surface area contributed by atoms with Gasteiger partial charge in [0.1, 0.15) is 23.3 Å². The van der Waals surface area contributed by atoms with Crippen LogP contribution in [0, 0.1) is 6.92 Å². The number of thiazole rings is 1. The van der Waals surface area contributed by atoms with Gasteiger partial charge in [-0.15, -0.1) is 0 Å². The molecule has 2 aromatic carbocycles. The van der Waals surface area contributed by atoms with Crippen molar-refractivity contribution in [2.75, 3.05) is 12.4 Å². The molecule has 4 aromatic rings. The summed E-state index contributed by atoms with van der Waals surface area (Å²) in [5.74, 6) is 1.60. The number of anilines is 1. The zero-order valence-electron chi connectivity index (χ0n) is 19.4. The molecule has 0 saturated heterocycles. The highest BCUT2D eigenvalue weighted by molar-refractivity contribution is 7.07. The number of ether oxygens (including phenoxy) is 1. The van der Waals surface area contributed by atoms with E-state index in [1.165, 1.54) is 11.3 Å². The van der Waals surface area contributed by atoms with Crippen molar-refractivity contribution in [3.05, 3.63) is 115 Å². The lowest BCUT2D eigenvalue weighted by Gasteiger charge is -2.23. The van der Waals surface area contributed by atoms with Gasteiger partial charge in [-0.1, -0.05) is 41.7 Å². The number of furan rings is 1. The number of para-hydroxylation sites is 1. The van der Waals surface area contributed by atoms with Gasteiger partial charge >= 0.3 is 0 Å².